The summed E-state index contributed by atoms with van der Waals surface area (Å²) in [5, 5.41) is 0. The molecule has 4 heteroatoms. The number of carbonyl (C=O) groups is 1. The fraction of sp³-hybridized carbons (Fsp3) is 0.462. The zero-order chi connectivity index (χ0) is 13.2. The van der Waals surface area contributed by atoms with Gasteiger partial charge in [0, 0.05) is 7.05 Å². The van der Waals surface area contributed by atoms with Gasteiger partial charge >= 0.3 is 6.03 Å². The highest BCUT2D eigenvalue weighted by Gasteiger charge is 2.19. The number of urea groups is 1. The predicted octanol–water partition coefficient (Wildman–Crippen LogP) is 2.51. The third kappa shape index (κ3) is 2.90. The molecular formula is C13H20N2O2. The summed E-state index contributed by atoms with van der Waals surface area (Å²) in [4.78, 5) is 12.6. The SMILES string of the molecule is COc1ccc(C(C)(C)C)cc1N(C)C(N)=O. The molecule has 0 radical (unpaired) electrons. The highest BCUT2D eigenvalue weighted by atomic mass is 16.5. The van der Waals surface area contributed by atoms with Gasteiger partial charge in [-0.1, -0.05) is 26.8 Å². The van der Waals surface area contributed by atoms with Crippen LogP contribution in [0.1, 0.15) is 26.3 Å². The summed E-state index contributed by atoms with van der Waals surface area (Å²) < 4.78 is 5.23. The molecule has 0 bridgehead atoms. The van der Waals surface area contributed by atoms with Crippen LogP contribution in [0.5, 0.6) is 5.75 Å². The van der Waals surface area contributed by atoms with Crippen LogP contribution >= 0.6 is 0 Å². The van der Waals surface area contributed by atoms with Crippen molar-refractivity contribution in [1.82, 2.24) is 0 Å². The molecule has 1 aromatic rings. The molecule has 94 valence electrons. The van der Waals surface area contributed by atoms with E-state index in [0.717, 1.165) is 5.56 Å². The molecule has 0 spiro atoms. The highest BCUT2D eigenvalue weighted by molar-refractivity contribution is 5.92. The van der Waals surface area contributed by atoms with Gasteiger partial charge in [0.1, 0.15) is 5.75 Å². The van der Waals surface area contributed by atoms with Crippen molar-refractivity contribution in [2.75, 3.05) is 19.1 Å². The third-order valence-corrected chi connectivity index (χ3v) is 2.74. The maximum absolute atomic E-state index is 11.2. The van der Waals surface area contributed by atoms with E-state index in [4.69, 9.17) is 10.5 Å². The van der Waals surface area contributed by atoms with E-state index in [2.05, 4.69) is 20.8 Å². The average molecular weight is 236 g/mol. The number of nitrogens with zero attached hydrogens (tertiary/aromatic N) is 1. The molecule has 1 aromatic carbocycles. The van der Waals surface area contributed by atoms with Gasteiger partial charge in [-0.2, -0.15) is 0 Å². The van der Waals surface area contributed by atoms with Gasteiger partial charge in [0.05, 0.1) is 12.8 Å². The molecule has 0 heterocycles. The Morgan fingerprint density at radius 3 is 2.35 bits per heavy atom. The van der Waals surface area contributed by atoms with Gasteiger partial charge in [-0.25, -0.2) is 4.79 Å². The number of amides is 2. The number of anilines is 1. The number of ether oxygens (including phenoxy) is 1. The Morgan fingerprint density at radius 1 is 1.35 bits per heavy atom. The zero-order valence-corrected chi connectivity index (χ0v) is 11.1. The largest absolute Gasteiger partial charge is 0.495 e. The molecule has 2 amide bonds. The van der Waals surface area contributed by atoms with Crippen LogP contribution in [0.4, 0.5) is 10.5 Å². The standard InChI is InChI=1S/C13H20N2O2/c1-13(2,3)9-6-7-11(17-5)10(8-9)15(4)12(14)16/h6-8H,1-5H3,(H2,14,16). The molecule has 0 aliphatic heterocycles. The Kier molecular flexibility index (Phi) is 3.66. The number of hydrogen-bond donors (Lipinski definition) is 1. The summed E-state index contributed by atoms with van der Waals surface area (Å²) in [6.07, 6.45) is 0. The second-order valence-corrected chi connectivity index (χ2v) is 5.03. The van der Waals surface area contributed by atoms with Gasteiger partial charge in [0.25, 0.3) is 0 Å². The molecule has 0 saturated carbocycles. The molecule has 0 unspecified atom stereocenters. The van der Waals surface area contributed by atoms with E-state index in [-0.39, 0.29) is 5.41 Å². The van der Waals surface area contributed by atoms with Crippen LogP contribution < -0.4 is 15.4 Å². The fourth-order valence-corrected chi connectivity index (χ4v) is 1.54. The molecule has 0 saturated heterocycles. The molecule has 0 aliphatic carbocycles. The van der Waals surface area contributed by atoms with Crippen molar-refractivity contribution in [1.29, 1.82) is 0 Å². The number of nitrogens with two attached hydrogens (primary N) is 1. The number of carbonyl (C=O) groups excluding carboxylic acids is 1. The predicted molar refractivity (Wildman–Crippen MR) is 69.7 cm³/mol. The maximum Gasteiger partial charge on any atom is 0.319 e. The van der Waals surface area contributed by atoms with Crippen molar-refractivity contribution in [2.45, 2.75) is 26.2 Å². The average Bonchev–Trinajstić information content (AvgIpc) is 2.25. The molecule has 0 fully saturated rings. The van der Waals surface area contributed by atoms with Crippen molar-refractivity contribution in [3.63, 3.8) is 0 Å². The van der Waals surface area contributed by atoms with Gasteiger partial charge in [-0.05, 0) is 23.1 Å². The first-order chi connectivity index (χ1) is 7.77. The van der Waals surface area contributed by atoms with Gasteiger partial charge in [0.2, 0.25) is 0 Å². The van der Waals surface area contributed by atoms with Crippen LogP contribution in [0, 0.1) is 0 Å². The minimum atomic E-state index is -0.505. The number of hydrogen-bond acceptors (Lipinski definition) is 2. The van der Waals surface area contributed by atoms with Gasteiger partial charge in [-0.15, -0.1) is 0 Å². The van der Waals surface area contributed by atoms with E-state index in [1.807, 2.05) is 18.2 Å². The quantitative estimate of drug-likeness (QED) is 0.857. The Balaban J connectivity index is 3.29. The molecule has 17 heavy (non-hydrogen) atoms. The van der Waals surface area contributed by atoms with Gasteiger partial charge in [0.15, 0.2) is 0 Å². The van der Waals surface area contributed by atoms with E-state index in [0.29, 0.717) is 11.4 Å². The Labute approximate surface area is 102 Å². The summed E-state index contributed by atoms with van der Waals surface area (Å²) in [5.74, 6) is 0.638. The number of rotatable bonds is 2. The molecule has 0 atom stereocenters. The van der Waals surface area contributed by atoms with Crippen LogP contribution in [0.2, 0.25) is 0 Å². The van der Waals surface area contributed by atoms with Crippen molar-refractivity contribution < 1.29 is 9.53 Å². The summed E-state index contributed by atoms with van der Waals surface area (Å²) in [6.45, 7) is 6.34. The summed E-state index contributed by atoms with van der Waals surface area (Å²) in [6, 6.07) is 5.28. The minimum Gasteiger partial charge on any atom is -0.495 e. The molecule has 1 rings (SSSR count). The van der Waals surface area contributed by atoms with E-state index >= 15 is 0 Å². The van der Waals surface area contributed by atoms with Crippen LogP contribution in [0.25, 0.3) is 0 Å². The number of primary amides is 1. The second kappa shape index (κ2) is 4.65. The molecule has 2 N–H and O–H groups in total. The first-order valence-corrected chi connectivity index (χ1v) is 5.49. The van der Waals surface area contributed by atoms with Crippen molar-refractivity contribution in [3.05, 3.63) is 23.8 Å². The number of benzene rings is 1. The highest BCUT2D eigenvalue weighted by Crippen LogP contribution is 2.33. The first-order valence-electron chi connectivity index (χ1n) is 5.49. The monoisotopic (exact) mass is 236 g/mol. The Morgan fingerprint density at radius 2 is 1.94 bits per heavy atom. The second-order valence-electron chi connectivity index (χ2n) is 5.03. The lowest BCUT2D eigenvalue weighted by Crippen LogP contribution is -2.32. The topological polar surface area (TPSA) is 55.6 Å². The van der Waals surface area contributed by atoms with Crippen molar-refractivity contribution in [2.24, 2.45) is 5.73 Å². The molecule has 0 aromatic heterocycles. The maximum atomic E-state index is 11.2. The van der Waals surface area contributed by atoms with Gasteiger partial charge in [-0.3, -0.25) is 4.90 Å². The summed E-state index contributed by atoms with van der Waals surface area (Å²) >= 11 is 0. The van der Waals surface area contributed by atoms with Gasteiger partial charge < -0.3 is 10.5 Å². The lowest BCUT2D eigenvalue weighted by Gasteiger charge is -2.24. The van der Waals surface area contributed by atoms with Crippen LogP contribution in [0.3, 0.4) is 0 Å². The third-order valence-electron chi connectivity index (χ3n) is 2.74. The first kappa shape index (κ1) is 13.4. The van der Waals surface area contributed by atoms with E-state index < -0.39 is 6.03 Å². The Hall–Kier alpha value is -1.71. The van der Waals surface area contributed by atoms with E-state index in [9.17, 15) is 4.79 Å². The van der Waals surface area contributed by atoms with Crippen molar-refractivity contribution >= 4 is 11.7 Å². The lowest BCUT2D eigenvalue weighted by molar-refractivity contribution is 0.255. The van der Waals surface area contributed by atoms with Crippen LogP contribution in [-0.2, 0) is 5.41 Å². The smallest absolute Gasteiger partial charge is 0.319 e. The van der Waals surface area contributed by atoms with E-state index in [1.165, 1.54) is 4.90 Å². The molecular weight excluding hydrogens is 216 g/mol. The zero-order valence-electron chi connectivity index (χ0n) is 11.1. The van der Waals surface area contributed by atoms with Crippen LogP contribution in [-0.4, -0.2) is 20.2 Å². The van der Waals surface area contributed by atoms with E-state index in [1.54, 1.807) is 14.2 Å². The van der Waals surface area contributed by atoms with Crippen LogP contribution in [0.15, 0.2) is 18.2 Å². The van der Waals surface area contributed by atoms with Crippen molar-refractivity contribution in [3.8, 4) is 5.75 Å². The summed E-state index contributed by atoms with van der Waals surface area (Å²) in [7, 11) is 3.21. The minimum absolute atomic E-state index is 0.0134. The Bertz CT molecular complexity index is 422. The molecule has 4 nitrogen and oxygen atoms in total. The summed E-state index contributed by atoms with van der Waals surface area (Å²) in [5.41, 5.74) is 7.11. The lowest BCUT2D eigenvalue weighted by atomic mass is 9.86. The molecule has 0 aliphatic rings. The number of methoxy groups -OCH3 is 1. The normalized spacial score (nSPS) is 11.1. The fourth-order valence-electron chi connectivity index (χ4n) is 1.54.